The van der Waals surface area contributed by atoms with Crippen molar-refractivity contribution in [3.05, 3.63) is 28.8 Å². The number of hydrogen-bond donors (Lipinski definition) is 0. The van der Waals surface area contributed by atoms with Gasteiger partial charge < -0.3 is 4.74 Å². The Bertz CT molecular complexity index is 466. The number of ether oxygens (including phenoxy) is 1. The molecule has 2 rings (SSSR count). The van der Waals surface area contributed by atoms with Gasteiger partial charge in [-0.3, -0.25) is 0 Å². The van der Waals surface area contributed by atoms with Crippen LogP contribution >= 0.6 is 11.6 Å². The zero-order valence-corrected chi connectivity index (χ0v) is 12.1. The molecule has 0 N–H and O–H groups in total. The Balaban J connectivity index is 2.35. The normalized spacial score (nSPS) is 23.4. The smallest absolute Gasteiger partial charge is 0.122 e. The van der Waals surface area contributed by atoms with Crippen molar-refractivity contribution in [2.45, 2.75) is 44.4 Å². The van der Waals surface area contributed by atoms with Gasteiger partial charge in [0.25, 0.3) is 0 Å². The molecule has 1 aromatic rings. The first-order chi connectivity index (χ1) is 9.26. The van der Waals surface area contributed by atoms with Crippen molar-refractivity contribution < 1.29 is 4.74 Å². The van der Waals surface area contributed by atoms with E-state index in [1.165, 1.54) is 24.8 Å². The summed E-state index contributed by atoms with van der Waals surface area (Å²) in [4.78, 5) is 0. The first-order valence-electron chi connectivity index (χ1n) is 6.96. The highest BCUT2D eigenvalue weighted by Crippen LogP contribution is 2.42. The molecule has 0 amide bonds. The maximum atomic E-state index is 9.05. The minimum Gasteiger partial charge on any atom is -0.496 e. The molecule has 2 atom stereocenters. The maximum absolute atomic E-state index is 9.05. The lowest BCUT2D eigenvalue weighted by Crippen LogP contribution is -2.12. The van der Waals surface area contributed by atoms with E-state index in [-0.39, 0.29) is 0 Å². The van der Waals surface area contributed by atoms with Crippen LogP contribution in [0, 0.1) is 17.2 Å². The van der Waals surface area contributed by atoms with E-state index in [4.69, 9.17) is 21.6 Å². The van der Waals surface area contributed by atoms with E-state index in [2.05, 4.69) is 6.07 Å². The van der Waals surface area contributed by atoms with E-state index in [0.29, 0.717) is 18.3 Å². The lowest BCUT2D eigenvalue weighted by Gasteiger charge is -2.25. The molecule has 1 aromatic carbocycles. The number of hydrogen-bond acceptors (Lipinski definition) is 2. The van der Waals surface area contributed by atoms with E-state index >= 15 is 0 Å². The molecule has 2 nitrogen and oxygen atoms in total. The molecule has 0 saturated heterocycles. The fraction of sp³-hybridized carbons (Fsp3) is 0.562. The molecule has 1 fully saturated rings. The number of benzene rings is 1. The van der Waals surface area contributed by atoms with Crippen LogP contribution in [0.3, 0.4) is 0 Å². The Hall–Kier alpha value is -1.20. The van der Waals surface area contributed by atoms with Gasteiger partial charge in [0.2, 0.25) is 0 Å². The third-order valence-electron chi connectivity index (χ3n) is 4.10. The summed E-state index contributed by atoms with van der Waals surface area (Å²) in [7, 11) is 1.70. The maximum Gasteiger partial charge on any atom is 0.122 e. The summed E-state index contributed by atoms with van der Waals surface area (Å²) in [5.41, 5.74) is 1.18. The van der Waals surface area contributed by atoms with Gasteiger partial charge in [-0.25, -0.2) is 0 Å². The quantitative estimate of drug-likeness (QED) is 0.734. The lowest BCUT2D eigenvalue weighted by molar-refractivity contribution is 0.370. The first-order valence-corrected chi connectivity index (χ1v) is 7.34. The van der Waals surface area contributed by atoms with Crippen molar-refractivity contribution in [3.8, 4) is 11.8 Å². The van der Waals surface area contributed by atoms with Crippen LogP contribution in [0.2, 0.25) is 5.02 Å². The predicted octanol–water partition coefficient (Wildman–Crippen LogP) is 4.93. The van der Waals surface area contributed by atoms with Crippen LogP contribution in [0.15, 0.2) is 18.2 Å². The molecular formula is C16H20ClNO. The second-order valence-electron chi connectivity index (χ2n) is 5.25. The second-order valence-corrected chi connectivity index (χ2v) is 5.69. The number of nitrogens with zero attached hydrogens (tertiary/aromatic N) is 1. The van der Waals surface area contributed by atoms with E-state index in [1.54, 1.807) is 7.11 Å². The summed E-state index contributed by atoms with van der Waals surface area (Å²) in [6.45, 7) is 0. The lowest BCUT2D eigenvalue weighted by atomic mass is 9.80. The summed E-state index contributed by atoms with van der Waals surface area (Å²) >= 11 is 6.14. The highest BCUT2D eigenvalue weighted by molar-refractivity contribution is 6.30. The number of rotatable bonds is 3. The molecule has 0 spiro atoms. The van der Waals surface area contributed by atoms with E-state index in [0.717, 1.165) is 23.6 Å². The SMILES string of the molecule is COc1ccc(Cl)cc1C1CCCCCC1CC#N. The zero-order chi connectivity index (χ0) is 13.7. The molecule has 0 heterocycles. The zero-order valence-electron chi connectivity index (χ0n) is 11.4. The van der Waals surface area contributed by atoms with Crippen molar-refractivity contribution in [2.75, 3.05) is 7.11 Å². The van der Waals surface area contributed by atoms with E-state index in [1.807, 2.05) is 18.2 Å². The van der Waals surface area contributed by atoms with Gasteiger partial charge >= 0.3 is 0 Å². The molecule has 1 aliphatic rings. The van der Waals surface area contributed by atoms with Gasteiger partial charge in [0.15, 0.2) is 0 Å². The highest BCUT2D eigenvalue weighted by Gasteiger charge is 2.27. The monoisotopic (exact) mass is 277 g/mol. The van der Waals surface area contributed by atoms with Gasteiger partial charge in [-0.15, -0.1) is 0 Å². The molecule has 1 aliphatic carbocycles. The molecule has 2 unspecified atom stereocenters. The van der Waals surface area contributed by atoms with E-state index in [9.17, 15) is 0 Å². The molecule has 19 heavy (non-hydrogen) atoms. The van der Waals surface area contributed by atoms with Crippen molar-refractivity contribution >= 4 is 11.6 Å². The predicted molar refractivity (Wildman–Crippen MR) is 77.6 cm³/mol. The molecular weight excluding hydrogens is 258 g/mol. The average Bonchev–Trinajstić information content (AvgIpc) is 2.64. The van der Waals surface area contributed by atoms with Crippen molar-refractivity contribution in [1.82, 2.24) is 0 Å². The highest BCUT2D eigenvalue weighted by atomic mass is 35.5. The van der Waals surface area contributed by atoms with Crippen molar-refractivity contribution in [2.24, 2.45) is 5.92 Å². The number of halogens is 1. The second kappa shape index (κ2) is 6.82. The van der Waals surface area contributed by atoms with Crippen molar-refractivity contribution in [1.29, 1.82) is 5.26 Å². The Kier molecular flexibility index (Phi) is 5.10. The summed E-state index contributed by atoms with van der Waals surface area (Å²) < 4.78 is 5.48. The largest absolute Gasteiger partial charge is 0.496 e. The van der Waals surface area contributed by atoms with Crippen molar-refractivity contribution in [3.63, 3.8) is 0 Å². The van der Waals surface area contributed by atoms with Crippen LogP contribution in [0.25, 0.3) is 0 Å². The Labute approximate surface area is 120 Å². The van der Waals surface area contributed by atoms with Crippen LogP contribution in [0.5, 0.6) is 5.75 Å². The van der Waals surface area contributed by atoms with Gasteiger partial charge in [0.05, 0.1) is 13.2 Å². The van der Waals surface area contributed by atoms with Gasteiger partial charge in [0, 0.05) is 11.4 Å². The minimum absolute atomic E-state index is 0.399. The third-order valence-corrected chi connectivity index (χ3v) is 4.34. The van der Waals surface area contributed by atoms with E-state index < -0.39 is 0 Å². The van der Waals surface area contributed by atoms with Crippen LogP contribution in [-0.2, 0) is 0 Å². The summed E-state index contributed by atoms with van der Waals surface area (Å²) in [6, 6.07) is 8.16. The Morgan fingerprint density at radius 1 is 1.32 bits per heavy atom. The molecule has 1 saturated carbocycles. The molecule has 0 bridgehead atoms. The van der Waals surface area contributed by atoms with Crippen LogP contribution in [-0.4, -0.2) is 7.11 Å². The molecule has 3 heteroatoms. The van der Waals surface area contributed by atoms with Gasteiger partial charge in [-0.05, 0) is 48.4 Å². The summed E-state index contributed by atoms with van der Waals surface area (Å²) in [6.07, 6.45) is 6.60. The Morgan fingerprint density at radius 3 is 2.84 bits per heavy atom. The molecule has 0 aromatic heterocycles. The Morgan fingerprint density at radius 2 is 2.11 bits per heavy atom. The minimum atomic E-state index is 0.399. The topological polar surface area (TPSA) is 33.0 Å². The van der Waals surface area contributed by atoms with Crippen LogP contribution in [0.1, 0.15) is 50.0 Å². The van der Waals surface area contributed by atoms with Crippen LogP contribution in [0.4, 0.5) is 0 Å². The fourth-order valence-electron chi connectivity index (χ4n) is 3.15. The number of nitriles is 1. The van der Waals surface area contributed by atoms with Gasteiger partial charge in [-0.2, -0.15) is 5.26 Å². The standard InChI is InChI=1S/C16H20ClNO/c1-19-16-8-7-13(17)11-15(16)14-6-4-2-3-5-12(14)9-10-18/h7-8,11-12,14H,2-6,9H2,1H3. The summed E-state index contributed by atoms with van der Waals surface area (Å²) in [5, 5.41) is 9.79. The molecule has 0 aliphatic heterocycles. The molecule has 102 valence electrons. The fourth-order valence-corrected chi connectivity index (χ4v) is 3.33. The summed E-state index contributed by atoms with van der Waals surface area (Å²) in [5.74, 6) is 1.73. The number of methoxy groups -OCH3 is 1. The third kappa shape index (κ3) is 3.42. The van der Waals surface area contributed by atoms with Gasteiger partial charge in [0.1, 0.15) is 5.75 Å². The average molecular weight is 278 g/mol. The van der Waals surface area contributed by atoms with Crippen LogP contribution < -0.4 is 4.74 Å². The molecule has 0 radical (unpaired) electrons. The first kappa shape index (κ1) is 14.2. The van der Waals surface area contributed by atoms with Gasteiger partial charge in [-0.1, -0.05) is 30.9 Å².